The molecule has 2 aromatic rings. The molecule has 1 heterocycles. The fourth-order valence-corrected chi connectivity index (χ4v) is 2.07. The van der Waals surface area contributed by atoms with Crippen molar-refractivity contribution in [1.82, 2.24) is 4.98 Å². The molecule has 0 aliphatic rings. The average Bonchev–Trinajstić information content (AvgIpc) is 2.78. The second-order valence-corrected chi connectivity index (χ2v) is 5.16. The Morgan fingerprint density at radius 2 is 2.11 bits per heavy atom. The average molecular weight is 285 g/mol. The second kappa shape index (κ2) is 5.46. The molecule has 0 aliphatic heterocycles. The summed E-state index contributed by atoms with van der Waals surface area (Å²) in [6.07, 6.45) is 0. The fraction of sp³-hybridized carbons (Fsp3) is 0.167. The number of carbonyl (C=O) groups excluding carboxylic acids is 1. The molecule has 0 fully saturated rings. The Kier molecular flexibility index (Phi) is 3.93. The number of alkyl halides is 1. The van der Waals surface area contributed by atoms with Gasteiger partial charge >= 0.3 is 0 Å². The first-order chi connectivity index (χ1) is 8.56. The number of carbonyl (C=O) groups is 1. The summed E-state index contributed by atoms with van der Waals surface area (Å²) in [5, 5.41) is 4.27. The van der Waals surface area contributed by atoms with Crippen LogP contribution in [0.2, 0.25) is 0 Å². The fourth-order valence-electron chi connectivity index (χ4n) is 1.29. The van der Waals surface area contributed by atoms with Crippen LogP contribution in [0.3, 0.4) is 0 Å². The summed E-state index contributed by atoms with van der Waals surface area (Å²) in [6, 6.07) is 6.02. The number of hydrogen-bond donors (Lipinski definition) is 1. The van der Waals surface area contributed by atoms with Crippen molar-refractivity contribution < 1.29 is 9.18 Å². The summed E-state index contributed by atoms with van der Waals surface area (Å²) in [4.78, 5) is 15.6. The molecule has 0 radical (unpaired) electrons. The molecule has 0 unspecified atom stereocenters. The number of hydrogen-bond acceptors (Lipinski definition) is 3. The molecule has 1 aromatic carbocycles. The van der Waals surface area contributed by atoms with E-state index in [4.69, 9.17) is 11.6 Å². The molecule has 1 N–H and O–H groups in total. The third-order valence-electron chi connectivity index (χ3n) is 2.24. The van der Waals surface area contributed by atoms with Crippen molar-refractivity contribution in [3.63, 3.8) is 0 Å². The van der Waals surface area contributed by atoms with Gasteiger partial charge in [0.1, 0.15) is 11.2 Å². The Balaban J connectivity index is 2.15. The highest BCUT2D eigenvalue weighted by Gasteiger charge is 2.12. The molecule has 94 valence electrons. The Bertz CT molecular complexity index is 553. The molecule has 0 saturated carbocycles. The smallest absolute Gasteiger partial charge is 0.243 e. The van der Waals surface area contributed by atoms with Crippen LogP contribution in [0.1, 0.15) is 6.92 Å². The molecule has 6 heteroatoms. The maximum Gasteiger partial charge on any atom is 0.243 e. The molecular formula is C12H10ClFN2OS. The lowest BCUT2D eigenvalue weighted by Gasteiger charge is -2.01. The first-order valence-electron chi connectivity index (χ1n) is 5.22. The number of thiazole rings is 1. The Hall–Kier alpha value is -1.46. The van der Waals surface area contributed by atoms with Crippen LogP contribution in [-0.2, 0) is 4.79 Å². The number of rotatable bonds is 3. The topological polar surface area (TPSA) is 42.0 Å². The number of benzene rings is 1. The summed E-state index contributed by atoms with van der Waals surface area (Å²) in [6.45, 7) is 1.59. The summed E-state index contributed by atoms with van der Waals surface area (Å²) in [5.41, 5.74) is 1.49. The first kappa shape index (κ1) is 13.0. The normalized spacial score (nSPS) is 12.2. The van der Waals surface area contributed by atoms with Gasteiger partial charge in [-0.2, -0.15) is 0 Å². The van der Waals surface area contributed by atoms with Crippen LogP contribution in [0, 0.1) is 5.82 Å². The van der Waals surface area contributed by atoms with E-state index in [-0.39, 0.29) is 11.7 Å². The van der Waals surface area contributed by atoms with Crippen LogP contribution < -0.4 is 5.32 Å². The van der Waals surface area contributed by atoms with Gasteiger partial charge < -0.3 is 5.32 Å². The number of amides is 1. The lowest BCUT2D eigenvalue weighted by atomic mass is 10.2. The molecule has 1 amide bonds. The first-order valence-corrected chi connectivity index (χ1v) is 6.54. The molecule has 18 heavy (non-hydrogen) atoms. The largest absolute Gasteiger partial charge is 0.301 e. The minimum atomic E-state index is -0.608. The highest BCUT2D eigenvalue weighted by Crippen LogP contribution is 2.25. The van der Waals surface area contributed by atoms with E-state index in [1.54, 1.807) is 24.4 Å². The van der Waals surface area contributed by atoms with Crippen molar-refractivity contribution in [2.45, 2.75) is 12.3 Å². The lowest BCUT2D eigenvalue weighted by Crippen LogP contribution is -2.20. The van der Waals surface area contributed by atoms with Crippen LogP contribution in [0.5, 0.6) is 0 Å². The standard InChI is InChI=1S/C12H10ClFN2OS/c1-7(13)11(17)16-12-15-10(6-18-12)8-2-4-9(14)5-3-8/h2-7H,1H3,(H,15,16,17)/t7-/m1/s1. The lowest BCUT2D eigenvalue weighted by molar-refractivity contribution is -0.115. The molecule has 0 aliphatic carbocycles. The van der Waals surface area contributed by atoms with Gasteiger partial charge in [0.25, 0.3) is 0 Å². The van der Waals surface area contributed by atoms with Gasteiger partial charge in [0, 0.05) is 10.9 Å². The van der Waals surface area contributed by atoms with E-state index in [9.17, 15) is 9.18 Å². The zero-order valence-corrected chi connectivity index (χ0v) is 11.1. The number of nitrogens with zero attached hydrogens (tertiary/aromatic N) is 1. The maximum atomic E-state index is 12.8. The van der Waals surface area contributed by atoms with E-state index in [1.165, 1.54) is 23.5 Å². The molecule has 2 rings (SSSR count). The van der Waals surface area contributed by atoms with Crippen LogP contribution >= 0.6 is 22.9 Å². The van der Waals surface area contributed by atoms with Gasteiger partial charge in [-0.1, -0.05) is 0 Å². The zero-order valence-electron chi connectivity index (χ0n) is 9.48. The van der Waals surface area contributed by atoms with Crippen molar-refractivity contribution in [3.05, 3.63) is 35.5 Å². The predicted molar refractivity (Wildman–Crippen MR) is 71.5 cm³/mol. The quantitative estimate of drug-likeness (QED) is 0.876. The minimum Gasteiger partial charge on any atom is -0.301 e. The maximum absolute atomic E-state index is 12.8. The van der Waals surface area contributed by atoms with E-state index in [0.717, 1.165) is 5.56 Å². The van der Waals surface area contributed by atoms with Crippen LogP contribution in [0.15, 0.2) is 29.6 Å². The van der Waals surface area contributed by atoms with Gasteiger partial charge in [-0.15, -0.1) is 22.9 Å². The van der Waals surface area contributed by atoms with Crippen LogP contribution in [0.4, 0.5) is 9.52 Å². The van der Waals surface area contributed by atoms with Gasteiger partial charge in [0.05, 0.1) is 5.69 Å². The number of nitrogens with one attached hydrogen (secondary N) is 1. The minimum absolute atomic E-state index is 0.293. The van der Waals surface area contributed by atoms with E-state index in [0.29, 0.717) is 10.8 Å². The summed E-state index contributed by atoms with van der Waals surface area (Å²) in [7, 11) is 0. The second-order valence-electron chi connectivity index (χ2n) is 3.65. The number of halogens is 2. The van der Waals surface area contributed by atoms with Crippen molar-refractivity contribution >= 4 is 34.0 Å². The summed E-state index contributed by atoms with van der Waals surface area (Å²) in [5.74, 6) is -0.588. The van der Waals surface area contributed by atoms with Gasteiger partial charge in [0.15, 0.2) is 5.13 Å². The Labute approximate surface area is 113 Å². The molecule has 0 saturated heterocycles. The van der Waals surface area contributed by atoms with Crippen molar-refractivity contribution in [3.8, 4) is 11.3 Å². The highest BCUT2D eigenvalue weighted by molar-refractivity contribution is 7.14. The molecule has 0 spiro atoms. The number of anilines is 1. The van der Waals surface area contributed by atoms with E-state index < -0.39 is 5.38 Å². The Morgan fingerprint density at radius 3 is 2.72 bits per heavy atom. The van der Waals surface area contributed by atoms with Gasteiger partial charge in [-0.3, -0.25) is 4.79 Å². The van der Waals surface area contributed by atoms with Crippen molar-refractivity contribution in [2.24, 2.45) is 0 Å². The van der Waals surface area contributed by atoms with Crippen molar-refractivity contribution in [1.29, 1.82) is 0 Å². The summed E-state index contributed by atoms with van der Waals surface area (Å²) < 4.78 is 12.8. The summed E-state index contributed by atoms with van der Waals surface area (Å²) >= 11 is 6.94. The molecule has 1 atom stereocenters. The van der Waals surface area contributed by atoms with E-state index >= 15 is 0 Å². The van der Waals surface area contributed by atoms with Crippen molar-refractivity contribution in [2.75, 3.05) is 5.32 Å². The van der Waals surface area contributed by atoms with E-state index in [1.807, 2.05) is 0 Å². The number of aromatic nitrogens is 1. The van der Waals surface area contributed by atoms with Gasteiger partial charge in [-0.05, 0) is 31.2 Å². The SMILES string of the molecule is C[C@@H](Cl)C(=O)Nc1nc(-c2ccc(F)cc2)cs1. The molecular weight excluding hydrogens is 275 g/mol. The monoisotopic (exact) mass is 284 g/mol. The van der Waals surface area contributed by atoms with Gasteiger partial charge in [-0.25, -0.2) is 9.37 Å². The third-order valence-corrected chi connectivity index (χ3v) is 3.19. The Morgan fingerprint density at radius 1 is 1.44 bits per heavy atom. The predicted octanol–water partition coefficient (Wildman–Crippen LogP) is 3.52. The molecule has 3 nitrogen and oxygen atoms in total. The molecule has 1 aromatic heterocycles. The molecule has 0 bridgehead atoms. The van der Waals surface area contributed by atoms with Gasteiger partial charge in [0.2, 0.25) is 5.91 Å². The third kappa shape index (κ3) is 3.05. The van der Waals surface area contributed by atoms with Crippen LogP contribution in [-0.4, -0.2) is 16.3 Å². The zero-order chi connectivity index (χ0) is 13.1. The highest BCUT2D eigenvalue weighted by atomic mass is 35.5. The van der Waals surface area contributed by atoms with Crippen LogP contribution in [0.25, 0.3) is 11.3 Å². The van der Waals surface area contributed by atoms with E-state index in [2.05, 4.69) is 10.3 Å².